The van der Waals surface area contributed by atoms with Gasteiger partial charge in [-0.1, -0.05) is 48.0 Å². The van der Waals surface area contributed by atoms with Gasteiger partial charge < -0.3 is 9.32 Å². The molecule has 0 spiro atoms. The van der Waals surface area contributed by atoms with Gasteiger partial charge in [-0.05, 0) is 31.0 Å². The zero-order valence-corrected chi connectivity index (χ0v) is 16.8. The Balaban J connectivity index is 1.73. The number of hydrogen-bond donors (Lipinski definition) is 0. The molecule has 2 heterocycles. The van der Waals surface area contributed by atoms with Crippen LogP contribution in [-0.2, 0) is 16.4 Å². The summed E-state index contributed by atoms with van der Waals surface area (Å²) in [4.78, 5) is 27.3. The van der Waals surface area contributed by atoms with Crippen LogP contribution in [0.5, 0.6) is 0 Å². The minimum atomic E-state index is -3.20. The van der Waals surface area contributed by atoms with Crippen LogP contribution in [0.25, 0.3) is 11.0 Å². The Morgan fingerprint density at radius 2 is 1.86 bits per heavy atom. The van der Waals surface area contributed by atoms with Crippen molar-refractivity contribution in [1.82, 2.24) is 4.90 Å². The Hall–Kier alpha value is -2.93. The lowest BCUT2D eigenvalue weighted by molar-refractivity contribution is 0.0676. The molecule has 1 fully saturated rings. The molecule has 150 valence electrons. The molecule has 0 unspecified atom stereocenters. The molecule has 1 aliphatic heterocycles. The van der Waals surface area contributed by atoms with Crippen LogP contribution in [0.15, 0.2) is 63.8 Å². The van der Waals surface area contributed by atoms with Crippen molar-refractivity contribution in [1.29, 1.82) is 0 Å². The predicted molar refractivity (Wildman–Crippen MR) is 111 cm³/mol. The number of aryl methyl sites for hydroxylation is 1. The fourth-order valence-electron chi connectivity index (χ4n) is 3.64. The van der Waals surface area contributed by atoms with Crippen LogP contribution in [0, 0.1) is 6.92 Å². The van der Waals surface area contributed by atoms with Crippen LogP contribution in [0.1, 0.15) is 27.9 Å². The largest absolute Gasteiger partial charge is 0.422 e. The molecule has 4 rings (SSSR count). The van der Waals surface area contributed by atoms with Gasteiger partial charge in [0.1, 0.15) is 11.1 Å². The highest BCUT2D eigenvalue weighted by molar-refractivity contribution is 7.91. The van der Waals surface area contributed by atoms with Gasteiger partial charge in [-0.3, -0.25) is 4.79 Å². The average molecular weight is 411 g/mol. The van der Waals surface area contributed by atoms with Crippen molar-refractivity contribution in [3.8, 4) is 0 Å². The number of nitrogens with zero attached hydrogens (tertiary/aromatic N) is 1. The first-order valence-electron chi connectivity index (χ1n) is 9.42. The second-order valence-corrected chi connectivity index (χ2v) is 9.69. The summed E-state index contributed by atoms with van der Waals surface area (Å²) in [6.07, 6.45) is 0.360. The van der Waals surface area contributed by atoms with E-state index in [1.165, 1.54) is 11.0 Å². The summed E-state index contributed by atoms with van der Waals surface area (Å²) >= 11 is 0. The first kappa shape index (κ1) is 19.4. The fraction of sp³-hybridized carbons (Fsp3) is 0.273. The van der Waals surface area contributed by atoms with Gasteiger partial charge in [0.2, 0.25) is 0 Å². The second kappa shape index (κ2) is 7.48. The molecule has 0 saturated carbocycles. The quantitative estimate of drug-likeness (QED) is 0.617. The summed E-state index contributed by atoms with van der Waals surface area (Å²) in [5.74, 6) is -0.558. The number of hydrogen-bond acceptors (Lipinski definition) is 5. The summed E-state index contributed by atoms with van der Waals surface area (Å²) in [6.45, 7) is 2.20. The molecule has 1 aliphatic rings. The van der Waals surface area contributed by atoms with E-state index in [0.29, 0.717) is 17.4 Å². The standard InChI is InChI=1S/C22H21NO5S/c1-15-6-8-16(9-7-15)13-23(18-10-11-29(26,27)14-18)21(24)19-12-17-4-2-3-5-20(17)28-22(19)25/h2-9,12,18H,10-11,13-14H2,1H3/t18-/m1/s1. The van der Waals surface area contributed by atoms with Crippen molar-refractivity contribution in [2.75, 3.05) is 11.5 Å². The molecule has 0 aliphatic carbocycles. The first-order chi connectivity index (χ1) is 13.8. The van der Waals surface area contributed by atoms with Gasteiger partial charge in [-0.2, -0.15) is 0 Å². The van der Waals surface area contributed by atoms with Crippen LogP contribution in [0.2, 0.25) is 0 Å². The molecule has 0 N–H and O–H groups in total. The maximum Gasteiger partial charge on any atom is 0.349 e. The maximum absolute atomic E-state index is 13.3. The van der Waals surface area contributed by atoms with Crippen LogP contribution in [-0.4, -0.2) is 36.8 Å². The number of carbonyl (C=O) groups is 1. The molecule has 6 nitrogen and oxygen atoms in total. The normalized spacial score (nSPS) is 18.0. The Labute approximate surface area is 168 Å². The van der Waals surface area contributed by atoms with Gasteiger partial charge in [-0.25, -0.2) is 13.2 Å². The van der Waals surface area contributed by atoms with Crippen molar-refractivity contribution in [2.45, 2.75) is 25.9 Å². The van der Waals surface area contributed by atoms with Gasteiger partial charge in [0.05, 0.1) is 11.5 Å². The highest BCUT2D eigenvalue weighted by atomic mass is 32.2. The van der Waals surface area contributed by atoms with E-state index in [2.05, 4.69) is 0 Å². The minimum Gasteiger partial charge on any atom is -0.422 e. The molecule has 7 heteroatoms. The van der Waals surface area contributed by atoms with Crippen molar-refractivity contribution < 1.29 is 17.6 Å². The molecular weight excluding hydrogens is 390 g/mol. The van der Waals surface area contributed by atoms with Crippen LogP contribution in [0.3, 0.4) is 0 Å². The molecule has 3 aromatic rings. The third-order valence-corrected chi connectivity index (χ3v) is 7.01. The molecule has 29 heavy (non-hydrogen) atoms. The third-order valence-electron chi connectivity index (χ3n) is 5.26. The summed E-state index contributed by atoms with van der Waals surface area (Å²) in [5, 5.41) is 0.643. The van der Waals surface area contributed by atoms with E-state index < -0.39 is 27.4 Å². The van der Waals surface area contributed by atoms with Crippen LogP contribution < -0.4 is 5.63 Å². The van der Waals surface area contributed by atoms with Gasteiger partial charge >= 0.3 is 5.63 Å². The predicted octanol–water partition coefficient (Wildman–Crippen LogP) is 2.93. The molecular formula is C22H21NO5S. The van der Waals surface area contributed by atoms with Crippen molar-refractivity contribution >= 4 is 26.7 Å². The van der Waals surface area contributed by atoms with Gasteiger partial charge in [-0.15, -0.1) is 0 Å². The number of carbonyl (C=O) groups excluding carboxylic acids is 1. The molecule has 1 atom stereocenters. The van der Waals surface area contributed by atoms with E-state index in [-0.39, 0.29) is 23.6 Å². The lowest BCUT2D eigenvalue weighted by atomic mass is 10.1. The highest BCUT2D eigenvalue weighted by Gasteiger charge is 2.36. The van der Waals surface area contributed by atoms with E-state index in [1.54, 1.807) is 24.3 Å². The number of rotatable bonds is 4. The summed E-state index contributed by atoms with van der Waals surface area (Å²) in [5.41, 5.74) is 1.56. The monoisotopic (exact) mass is 411 g/mol. The molecule has 2 aromatic carbocycles. The minimum absolute atomic E-state index is 0.0433. The van der Waals surface area contributed by atoms with Crippen LogP contribution >= 0.6 is 0 Å². The zero-order chi connectivity index (χ0) is 20.6. The van der Waals surface area contributed by atoms with E-state index in [1.807, 2.05) is 31.2 Å². The van der Waals surface area contributed by atoms with Gasteiger partial charge in [0.25, 0.3) is 5.91 Å². The van der Waals surface area contributed by atoms with Gasteiger partial charge in [0, 0.05) is 18.0 Å². The van der Waals surface area contributed by atoms with Crippen molar-refractivity contribution in [3.05, 3.63) is 81.7 Å². The SMILES string of the molecule is Cc1ccc(CN(C(=O)c2cc3ccccc3oc2=O)[C@@H]2CCS(=O)(=O)C2)cc1. The highest BCUT2D eigenvalue weighted by Crippen LogP contribution is 2.23. The smallest absolute Gasteiger partial charge is 0.349 e. The zero-order valence-electron chi connectivity index (χ0n) is 16.0. The lowest BCUT2D eigenvalue weighted by Crippen LogP contribution is -2.42. The number of sulfone groups is 1. The molecule has 0 bridgehead atoms. The molecule has 1 aromatic heterocycles. The number of fused-ring (bicyclic) bond motifs is 1. The van der Waals surface area contributed by atoms with E-state index >= 15 is 0 Å². The Morgan fingerprint density at radius 3 is 2.55 bits per heavy atom. The Kier molecular flexibility index (Phi) is 5.00. The number of amides is 1. The van der Waals surface area contributed by atoms with Crippen molar-refractivity contribution in [3.63, 3.8) is 0 Å². The van der Waals surface area contributed by atoms with E-state index in [0.717, 1.165) is 11.1 Å². The Bertz CT molecular complexity index is 1230. The Morgan fingerprint density at radius 1 is 1.14 bits per heavy atom. The summed E-state index contributed by atoms with van der Waals surface area (Å²) in [7, 11) is -3.20. The van der Waals surface area contributed by atoms with Gasteiger partial charge in [0.15, 0.2) is 9.84 Å². The summed E-state index contributed by atoms with van der Waals surface area (Å²) < 4.78 is 29.4. The number of benzene rings is 2. The lowest BCUT2D eigenvalue weighted by Gasteiger charge is -2.28. The van der Waals surface area contributed by atoms with E-state index in [4.69, 9.17) is 4.42 Å². The second-order valence-electron chi connectivity index (χ2n) is 7.46. The van der Waals surface area contributed by atoms with Crippen molar-refractivity contribution in [2.24, 2.45) is 0 Å². The number of para-hydroxylation sites is 1. The summed E-state index contributed by atoms with van der Waals surface area (Å²) in [6, 6.07) is 15.7. The van der Waals surface area contributed by atoms with E-state index in [9.17, 15) is 18.0 Å². The maximum atomic E-state index is 13.3. The third kappa shape index (κ3) is 4.10. The first-order valence-corrected chi connectivity index (χ1v) is 11.2. The fourth-order valence-corrected chi connectivity index (χ4v) is 5.37. The average Bonchev–Trinajstić information content (AvgIpc) is 3.06. The molecule has 0 radical (unpaired) electrons. The topological polar surface area (TPSA) is 84.7 Å². The van der Waals surface area contributed by atoms with Crippen LogP contribution in [0.4, 0.5) is 0 Å². The molecule has 1 saturated heterocycles. The molecule has 1 amide bonds.